The zero-order chi connectivity index (χ0) is 19.6. The molecular weight excluding hydrogens is 378 g/mol. The summed E-state index contributed by atoms with van der Waals surface area (Å²) in [5.74, 6) is 0.0877. The van der Waals surface area contributed by atoms with Crippen molar-refractivity contribution in [2.45, 2.75) is 13.0 Å². The average Bonchev–Trinajstić information content (AvgIpc) is 3.22. The van der Waals surface area contributed by atoms with Crippen LogP contribution >= 0.6 is 0 Å². The first kappa shape index (κ1) is 18.2. The molecule has 1 aliphatic rings. The van der Waals surface area contributed by atoms with Gasteiger partial charge in [0.1, 0.15) is 18.0 Å². The number of amides is 1. The summed E-state index contributed by atoms with van der Waals surface area (Å²) in [6.45, 7) is 0.309. The molecule has 0 bridgehead atoms. The highest BCUT2D eigenvalue weighted by atomic mass is 32.2. The van der Waals surface area contributed by atoms with Crippen molar-refractivity contribution in [2.24, 2.45) is 5.92 Å². The number of allylic oxidation sites excluding steroid dienone is 1. The number of pyridine rings is 1. The monoisotopic (exact) mass is 397 g/mol. The number of nitrogens with one attached hydrogen (secondary N) is 1. The van der Waals surface area contributed by atoms with E-state index >= 15 is 0 Å². The minimum atomic E-state index is -3.15. The number of nitrogens with zero attached hydrogens (tertiary/aromatic N) is 2. The molecule has 1 unspecified atom stereocenters. The molecular formula is C20H19N3O4S. The van der Waals surface area contributed by atoms with Crippen LogP contribution in [0.4, 0.5) is 5.69 Å². The molecule has 4 rings (SSSR count). The Kier molecular flexibility index (Phi) is 4.87. The van der Waals surface area contributed by atoms with Gasteiger partial charge in [0.2, 0.25) is 5.91 Å². The standard InChI is InChI=1S/C20H19N3O4S/c24-20(10-15-7-9-28(25,26)14-15)22-16-4-3-5-18(11-16)27-13-17-12-23-8-2-1-6-19(23)21-17/h1-9,11-12,15H,10,13-14H2,(H,22,24). The van der Waals surface area contributed by atoms with E-state index in [-0.39, 0.29) is 24.0 Å². The Balaban J connectivity index is 1.35. The molecule has 2 aromatic heterocycles. The minimum Gasteiger partial charge on any atom is -0.487 e. The molecule has 0 fully saturated rings. The van der Waals surface area contributed by atoms with Gasteiger partial charge < -0.3 is 14.5 Å². The van der Waals surface area contributed by atoms with E-state index in [1.54, 1.807) is 30.3 Å². The molecule has 1 N–H and O–H groups in total. The first-order valence-electron chi connectivity index (χ1n) is 8.83. The van der Waals surface area contributed by atoms with E-state index in [2.05, 4.69) is 10.3 Å². The van der Waals surface area contributed by atoms with E-state index in [1.165, 1.54) is 5.41 Å². The normalized spacial score (nSPS) is 17.6. The van der Waals surface area contributed by atoms with Gasteiger partial charge in [-0.1, -0.05) is 18.2 Å². The van der Waals surface area contributed by atoms with Crippen molar-refractivity contribution in [1.82, 2.24) is 9.38 Å². The number of benzene rings is 1. The maximum atomic E-state index is 12.2. The maximum absolute atomic E-state index is 12.2. The van der Waals surface area contributed by atoms with Crippen LogP contribution in [0.25, 0.3) is 5.65 Å². The fraction of sp³-hybridized carbons (Fsp3) is 0.200. The molecule has 1 aromatic carbocycles. The molecule has 3 aromatic rings. The summed E-state index contributed by atoms with van der Waals surface area (Å²) in [4.78, 5) is 16.7. The number of anilines is 1. The third kappa shape index (κ3) is 4.40. The number of hydrogen-bond acceptors (Lipinski definition) is 5. The second-order valence-electron chi connectivity index (χ2n) is 6.69. The van der Waals surface area contributed by atoms with E-state index in [9.17, 15) is 13.2 Å². The van der Waals surface area contributed by atoms with Gasteiger partial charge in [-0.15, -0.1) is 0 Å². The Bertz CT molecular complexity index is 1120. The highest BCUT2D eigenvalue weighted by Gasteiger charge is 2.23. The molecule has 144 valence electrons. The molecule has 0 radical (unpaired) electrons. The lowest BCUT2D eigenvalue weighted by molar-refractivity contribution is -0.116. The van der Waals surface area contributed by atoms with Crippen LogP contribution in [0.3, 0.4) is 0 Å². The number of fused-ring (bicyclic) bond motifs is 1. The number of ether oxygens (including phenoxy) is 1. The molecule has 0 aliphatic carbocycles. The van der Waals surface area contributed by atoms with Crippen LogP contribution in [-0.4, -0.2) is 29.5 Å². The van der Waals surface area contributed by atoms with E-state index in [0.29, 0.717) is 18.0 Å². The van der Waals surface area contributed by atoms with Gasteiger partial charge in [0.05, 0.1) is 11.4 Å². The highest BCUT2D eigenvalue weighted by molar-refractivity contribution is 7.94. The molecule has 7 nitrogen and oxygen atoms in total. The summed E-state index contributed by atoms with van der Waals surface area (Å²) in [6, 6.07) is 12.9. The molecule has 0 spiro atoms. The molecule has 1 atom stereocenters. The lowest BCUT2D eigenvalue weighted by Gasteiger charge is -2.10. The first-order valence-corrected chi connectivity index (χ1v) is 10.5. The van der Waals surface area contributed by atoms with Gasteiger partial charge in [-0.25, -0.2) is 13.4 Å². The highest BCUT2D eigenvalue weighted by Crippen LogP contribution is 2.21. The third-order valence-electron chi connectivity index (χ3n) is 4.37. The predicted molar refractivity (Wildman–Crippen MR) is 106 cm³/mol. The smallest absolute Gasteiger partial charge is 0.224 e. The molecule has 0 saturated heterocycles. The average molecular weight is 397 g/mol. The zero-order valence-corrected chi connectivity index (χ0v) is 15.8. The minimum absolute atomic E-state index is 0.0113. The molecule has 3 heterocycles. The van der Waals surface area contributed by atoms with Gasteiger partial charge in [-0.2, -0.15) is 0 Å². The lowest BCUT2D eigenvalue weighted by Crippen LogP contribution is -2.17. The Morgan fingerprint density at radius 3 is 2.93 bits per heavy atom. The van der Waals surface area contributed by atoms with Gasteiger partial charge in [0.25, 0.3) is 0 Å². The Labute approximate surface area is 162 Å². The van der Waals surface area contributed by atoms with E-state index < -0.39 is 9.84 Å². The van der Waals surface area contributed by atoms with Crippen molar-refractivity contribution in [1.29, 1.82) is 0 Å². The van der Waals surface area contributed by atoms with Crippen molar-refractivity contribution < 1.29 is 17.9 Å². The number of aromatic nitrogens is 2. The molecule has 1 aliphatic heterocycles. The van der Waals surface area contributed by atoms with E-state index in [1.807, 2.05) is 35.0 Å². The van der Waals surface area contributed by atoms with Crippen molar-refractivity contribution >= 4 is 27.1 Å². The Hall–Kier alpha value is -3.13. The second-order valence-corrected chi connectivity index (χ2v) is 8.62. The quantitative estimate of drug-likeness (QED) is 0.691. The topological polar surface area (TPSA) is 89.8 Å². The number of rotatable bonds is 6. The van der Waals surface area contributed by atoms with Gasteiger partial charge in [-0.3, -0.25) is 4.79 Å². The van der Waals surface area contributed by atoms with Crippen LogP contribution in [0.5, 0.6) is 5.75 Å². The largest absolute Gasteiger partial charge is 0.487 e. The van der Waals surface area contributed by atoms with E-state index in [0.717, 1.165) is 11.3 Å². The fourth-order valence-electron chi connectivity index (χ4n) is 3.10. The van der Waals surface area contributed by atoms with E-state index in [4.69, 9.17) is 4.74 Å². The fourth-order valence-corrected chi connectivity index (χ4v) is 4.49. The summed E-state index contributed by atoms with van der Waals surface area (Å²) >= 11 is 0. The number of hydrogen-bond donors (Lipinski definition) is 1. The zero-order valence-electron chi connectivity index (χ0n) is 15.0. The van der Waals surface area contributed by atoms with Gasteiger partial charge >= 0.3 is 0 Å². The van der Waals surface area contributed by atoms with Crippen molar-refractivity contribution in [3.63, 3.8) is 0 Å². The van der Waals surface area contributed by atoms with Crippen LogP contribution in [0.2, 0.25) is 0 Å². The number of sulfone groups is 1. The second kappa shape index (κ2) is 7.47. The first-order chi connectivity index (χ1) is 13.5. The predicted octanol–water partition coefficient (Wildman–Crippen LogP) is 2.80. The molecule has 8 heteroatoms. The summed E-state index contributed by atoms with van der Waals surface area (Å²) in [5, 5.41) is 3.97. The van der Waals surface area contributed by atoms with Crippen LogP contribution in [0.15, 0.2) is 66.3 Å². The summed E-state index contributed by atoms with van der Waals surface area (Å²) < 4.78 is 30.6. The number of carbonyl (C=O) groups excluding carboxylic acids is 1. The maximum Gasteiger partial charge on any atom is 0.224 e. The van der Waals surface area contributed by atoms with Gasteiger partial charge in [0.15, 0.2) is 9.84 Å². The SMILES string of the molecule is O=C(CC1C=CS(=O)(=O)C1)Nc1cccc(OCc2cn3ccccc3n2)c1. The molecule has 28 heavy (non-hydrogen) atoms. The Morgan fingerprint density at radius 2 is 2.14 bits per heavy atom. The van der Waals surface area contributed by atoms with Gasteiger partial charge in [0, 0.05) is 41.9 Å². The van der Waals surface area contributed by atoms with Crippen LogP contribution in [0.1, 0.15) is 12.1 Å². The van der Waals surface area contributed by atoms with Crippen molar-refractivity contribution in [3.05, 3.63) is 72.0 Å². The van der Waals surface area contributed by atoms with Crippen molar-refractivity contribution in [2.75, 3.05) is 11.1 Å². The lowest BCUT2D eigenvalue weighted by atomic mass is 10.1. The molecule has 0 saturated carbocycles. The van der Waals surface area contributed by atoms with Crippen LogP contribution in [0, 0.1) is 5.92 Å². The van der Waals surface area contributed by atoms with Gasteiger partial charge in [-0.05, 0) is 24.3 Å². The molecule has 1 amide bonds. The number of imidazole rings is 1. The van der Waals surface area contributed by atoms with Crippen LogP contribution < -0.4 is 10.1 Å². The summed E-state index contributed by atoms with van der Waals surface area (Å²) in [7, 11) is -3.15. The van der Waals surface area contributed by atoms with Crippen molar-refractivity contribution in [3.8, 4) is 5.75 Å². The van der Waals surface area contributed by atoms with Crippen LogP contribution in [-0.2, 0) is 21.2 Å². The summed E-state index contributed by atoms with van der Waals surface area (Å²) in [5.41, 5.74) is 2.25. The Morgan fingerprint density at radius 1 is 1.25 bits per heavy atom. The summed E-state index contributed by atoms with van der Waals surface area (Å²) in [6.07, 6.45) is 5.53. The third-order valence-corrected chi connectivity index (χ3v) is 5.84. The number of carbonyl (C=O) groups is 1.